The number of carbonyl (C=O) groups is 2. The van der Waals surface area contributed by atoms with Crippen LogP contribution in [0.1, 0.15) is 29.9 Å². The van der Waals surface area contributed by atoms with Gasteiger partial charge in [-0.25, -0.2) is 18.9 Å². The maximum atomic E-state index is 13.1. The summed E-state index contributed by atoms with van der Waals surface area (Å²) in [6, 6.07) is 19.0. The van der Waals surface area contributed by atoms with Crippen molar-refractivity contribution in [2.24, 2.45) is 5.41 Å². The number of hydrogen-bond donors (Lipinski definition) is 4. The second-order valence-electron chi connectivity index (χ2n) is 9.89. The molecule has 2 heterocycles. The van der Waals surface area contributed by atoms with E-state index in [1.165, 1.54) is 30.3 Å². The van der Waals surface area contributed by atoms with Crippen LogP contribution < -0.4 is 20.3 Å². The second kappa shape index (κ2) is 12.6. The van der Waals surface area contributed by atoms with Crippen LogP contribution in [0.4, 0.5) is 11.5 Å². The number of nitrogens with zero attached hydrogens (tertiary/aromatic N) is 2. The topological polar surface area (TPSA) is 160 Å². The van der Waals surface area contributed by atoms with Crippen molar-refractivity contribution in [3.63, 3.8) is 0 Å². The standard InChI is InChI=1S/C29H28ClN5O6S/c1-18-22(27(36)33-19-10-12-24(30)23(15-19)25-9-4-5-14-31-25)11-13-26(32-18)35-42(39,40)21-8-6-7-20(16-21)41-17-29(2,3)28(37)34-38/h4-16,38H,17H2,1-3H3,(H,32,35)(H,33,36)(H,34,37). The maximum Gasteiger partial charge on any atom is 0.263 e. The third-order valence-corrected chi connectivity index (χ3v) is 7.85. The van der Waals surface area contributed by atoms with Crippen molar-refractivity contribution in [1.29, 1.82) is 0 Å². The summed E-state index contributed by atoms with van der Waals surface area (Å²) < 4.78 is 34.1. The highest BCUT2D eigenvalue weighted by Gasteiger charge is 2.28. The van der Waals surface area contributed by atoms with Crippen molar-refractivity contribution in [3.05, 3.63) is 95.3 Å². The van der Waals surface area contributed by atoms with Gasteiger partial charge in [0.05, 0.1) is 32.3 Å². The molecular weight excluding hydrogens is 582 g/mol. The zero-order chi connectivity index (χ0) is 30.5. The fourth-order valence-electron chi connectivity index (χ4n) is 3.79. The zero-order valence-electron chi connectivity index (χ0n) is 22.9. The number of benzene rings is 2. The number of hydroxylamine groups is 1. The summed E-state index contributed by atoms with van der Waals surface area (Å²) in [5, 5.41) is 12.2. The van der Waals surface area contributed by atoms with Crippen LogP contribution in [0, 0.1) is 12.3 Å². The van der Waals surface area contributed by atoms with E-state index in [9.17, 15) is 18.0 Å². The van der Waals surface area contributed by atoms with Gasteiger partial charge in [0.1, 0.15) is 18.2 Å². The van der Waals surface area contributed by atoms with E-state index >= 15 is 0 Å². The Balaban J connectivity index is 1.46. The van der Waals surface area contributed by atoms with Crippen molar-refractivity contribution in [2.75, 3.05) is 16.6 Å². The van der Waals surface area contributed by atoms with Gasteiger partial charge in [-0.1, -0.05) is 23.7 Å². The van der Waals surface area contributed by atoms with Crippen LogP contribution in [-0.2, 0) is 14.8 Å². The van der Waals surface area contributed by atoms with Gasteiger partial charge in [-0.15, -0.1) is 0 Å². The molecular formula is C29H28ClN5O6S. The summed E-state index contributed by atoms with van der Waals surface area (Å²) in [6.07, 6.45) is 1.65. The Morgan fingerprint density at radius 1 is 1.02 bits per heavy atom. The first-order valence-electron chi connectivity index (χ1n) is 12.6. The van der Waals surface area contributed by atoms with Crippen LogP contribution in [0.5, 0.6) is 5.75 Å². The largest absolute Gasteiger partial charge is 0.492 e. The summed E-state index contributed by atoms with van der Waals surface area (Å²) in [5.41, 5.74) is 2.87. The number of pyridine rings is 2. The van der Waals surface area contributed by atoms with E-state index in [0.29, 0.717) is 27.7 Å². The van der Waals surface area contributed by atoms with Gasteiger partial charge in [0.2, 0.25) is 0 Å². The lowest BCUT2D eigenvalue weighted by molar-refractivity contribution is -0.139. The lowest BCUT2D eigenvalue weighted by Crippen LogP contribution is -2.39. The van der Waals surface area contributed by atoms with Gasteiger partial charge >= 0.3 is 0 Å². The molecule has 0 radical (unpaired) electrons. The van der Waals surface area contributed by atoms with Crippen LogP contribution in [0.2, 0.25) is 5.02 Å². The Morgan fingerprint density at radius 2 is 1.81 bits per heavy atom. The minimum absolute atomic E-state index is 0.0139. The Morgan fingerprint density at radius 3 is 2.50 bits per heavy atom. The molecule has 0 bridgehead atoms. The summed E-state index contributed by atoms with van der Waals surface area (Å²) in [4.78, 5) is 33.3. The Hall–Kier alpha value is -4.52. The number of halogens is 1. The summed E-state index contributed by atoms with van der Waals surface area (Å²) in [7, 11) is -4.07. The first-order chi connectivity index (χ1) is 19.9. The highest BCUT2D eigenvalue weighted by Crippen LogP contribution is 2.30. The minimum Gasteiger partial charge on any atom is -0.492 e. The summed E-state index contributed by atoms with van der Waals surface area (Å²) in [5.74, 6) is -0.860. The molecule has 4 N–H and O–H groups in total. The van der Waals surface area contributed by atoms with Crippen LogP contribution in [0.25, 0.3) is 11.3 Å². The third-order valence-electron chi connectivity index (χ3n) is 6.17. The van der Waals surface area contributed by atoms with Crippen molar-refractivity contribution < 1.29 is 28.0 Å². The van der Waals surface area contributed by atoms with Gasteiger partial charge < -0.3 is 10.1 Å². The highest BCUT2D eigenvalue weighted by atomic mass is 35.5. The molecule has 2 aromatic carbocycles. The third kappa shape index (κ3) is 7.21. The molecule has 0 spiro atoms. The average Bonchev–Trinajstić information content (AvgIpc) is 2.97. The predicted molar refractivity (Wildman–Crippen MR) is 158 cm³/mol. The molecule has 0 atom stereocenters. The SMILES string of the molecule is Cc1nc(NS(=O)(=O)c2cccc(OCC(C)(C)C(=O)NO)c2)ccc1C(=O)Nc1ccc(Cl)c(-c2ccccn2)c1. The van der Waals surface area contributed by atoms with Crippen LogP contribution in [0.15, 0.2) is 83.9 Å². The number of amides is 2. The fraction of sp³-hybridized carbons (Fsp3) is 0.172. The van der Waals surface area contributed by atoms with Gasteiger partial charge in [-0.2, -0.15) is 0 Å². The van der Waals surface area contributed by atoms with Gasteiger partial charge in [0, 0.05) is 23.5 Å². The van der Waals surface area contributed by atoms with E-state index in [-0.39, 0.29) is 28.6 Å². The molecule has 4 aromatic rings. The summed E-state index contributed by atoms with van der Waals surface area (Å²) >= 11 is 6.33. The van der Waals surface area contributed by atoms with E-state index in [1.54, 1.807) is 62.8 Å². The molecule has 0 saturated carbocycles. The molecule has 218 valence electrons. The number of hydrogen-bond acceptors (Lipinski definition) is 8. The maximum absolute atomic E-state index is 13.1. The number of sulfonamides is 1. The van der Waals surface area contributed by atoms with E-state index in [0.717, 1.165) is 0 Å². The summed E-state index contributed by atoms with van der Waals surface area (Å²) in [6.45, 7) is 4.61. The zero-order valence-corrected chi connectivity index (χ0v) is 24.5. The molecule has 0 aliphatic rings. The molecule has 13 heteroatoms. The van der Waals surface area contributed by atoms with Crippen LogP contribution >= 0.6 is 11.6 Å². The number of carbonyl (C=O) groups excluding carboxylic acids is 2. The van der Waals surface area contributed by atoms with Crippen molar-refractivity contribution >= 4 is 44.9 Å². The Bertz CT molecular complexity index is 1730. The predicted octanol–water partition coefficient (Wildman–Crippen LogP) is 5.07. The smallest absolute Gasteiger partial charge is 0.263 e. The van der Waals surface area contributed by atoms with Crippen LogP contribution in [-0.4, -0.2) is 42.0 Å². The van der Waals surface area contributed by atoms with Crippen molar-refractivity contribution in [1.82, 2.24) is 15.4 Å². The number of rotatable bonds is 10. The lowest BCUT2D eigenvalue weighted by Gasteiger charge is -2.22. The minimum atomic E-state index is -4.07. The number of aromatic nitrogens is 2. The van der Waals surface area contributed by atoms with E-state index in [2.05, 4.69) is 20.0 Å². The van der Waals surface area contributed by atoms with Gasteiger partial charge in [-0.05, 0) is 75.4 Å². The molecule has 42 heavy (non-hydrogen) atoms. The normalized spacial score (nSPS) is 11.5. The number of aryl methyl sites for hydroxylation is 1. The van der Waals surface area contributed by atoms with E-state index < -0.39 is 27.3 Å². The molecule has 4 rings (SSSR count). The molecule has 0 aliphatic carbocycles. The Kier molecular flexibility index (Phi) is 9.10. The highest BCUT2D eigenvalue weighted by molar-refractivity contribution is 7.92. The second-order valence-corrected chi connectivity index (χ2v) is 12.0. The van der Waals surface area contributed by atoms with Gasteiger partial charge in [0.25, 0.3) is 21.8 Å². The fourth-order valence-corrected chi connectivity index (χ4v) is 5.04. The molecule has 0 saturated heterocycles. The van der Waals surface area contributed by atoms with Gasteiger partial charge in [0.15, 0.2) is 0 Å². The first kappa shape index (κ1) is 30.4. The van der Waals surface area contributed by atoms with Crippen molar-refractivity contribution in [2.45, 2.75) is 25.7 Å². The average molecular weight is 610 g/mol. The first-order valence-corrected chi connectivity index (χ1v) is 14.5. The van der Waals surface area contributed by atoms with E-state index in [1.807, 2.05) is 12.1 Å². The molecule has 0 fully saturated rings. The number of ether oxygens (including phenoxy) is 1. The quantitative estimate of drug-likeness (QED) is 0.143. The monoisotopic (exact) mass is 609 g/mol. The number of nitrogens with one attached hydrogen (secondary N) is 3. The molecule has 11 nitrogen and oxygen atoms in total. The van der Waals surface area contributed by atoms with Gasteiger partial charge in [-0.3, -0.25) is 24.5 Å². The number of anilines is 2. The Labute approximate surface area is 247 Å². The lowest BCUT2D eigenvalue weighted by atomic mass is 9.94. The molecule has 2 aromatic heterocycles. The van der Waals surface area contributed by atoms with Crippen LogP contribution in [0.3, 0.4) is 0 Å². The van der Waals surface area contributed by atoms with Crippen molar-refractivity contribution in [3.8, 4) is 17.0 Å². The molecule has 0 unspecified atom stereocenters. The molecule has 0 aliphatic heterocycles. The van der Waals surface area contributed by atoms with E-state index in [4.69, 9.17) is 21.5 Å². The molecule has 2 amide bonds.